The molecule has 0 spiro atoms. The Balaban J connectivity index is 0.996. The number of nitrogens with one attached hydrogen (secondary N) is 2. The third-order valence-electron chi connectivity index (χ3n) is 7.35. The maximum absolute atomic E-state index is 12.3. The summed E-state index contributed by atoms with van der Waals surface area (Å²) < 4.78 is 23.5. The number of H-pyrrole nitrogens is 1. The maximum atomic E-state index is 12.3. The van der Waals surface area contributed by atoms with Gasteiger partial charge in [0.1, 0.15) is 47.4 Å². The summed E-state index contributed by atoms with van der Waals surface area (Å²) in [5.74, 6) is 2.25. The lowest BCUT2D eigenvalue weighted by molar-refractivity contribution is 0.0523. The number of aliphatic hydroxyl groups excluding tert-OH is 1. The van der Waals surface area contributed by atoms with Crippen molar-refractivity contribution in [1.29, 1.82) is 0 Å². The van der Waals surface area contributed by atoms with E-state index >= 15 is 0 Å². The molecule has 0 radical (unpaired) electrons. The van der Waals surface area contributed by atoms with Gasteiger partial charge in [0, 0.05) is 29.4 Å². The number of hydrogen-bond acceptors (Lipinski definition) is 7. The van der Waals surface area contributed by atoms with Crippen LogP contribution in [0.25, 0.3) is 21.8 Å². The van der Waals surface area contributed by atoms with Crippen LogP contribution in [0, 0.1) is 0 Å². The Labute approximate surface area is 244 Å². The van der Waals surface area contributed by atoms with Gasteiger partial charge < -0.3 is 34.4 Å². The molecule has 1 aromatic heterocycles. The summed E-state index contributed by atoms with van der Waals surface area (Å²) in [6.07, 6.45) is 0.983. The number of aryl methyl sites for hydroxylation is 1. The second-order valence-corrected chi connectivity index (χ2v) is 10.3. The van der Waals surface area contributed by atoms with Crippen molar-refractivity contribution < 1.29 is 28.8 Å². The Hall–Kier alpha value is -4.53. The minimum atomic E-state index is -0.668. The van der Waals surface area contributed by atoms with Crippen molar-refractivity contribution in [1.82, 2.24) is 10.3 Å². The number of para-hydroxylation sites is 2. The van der Waals surface area contributed by atoms with Crippen molar-refractivity contribution in [3.05, 3.63) is 96.1 Å². The number of carbonyl (C=O) groups excluding carboxylic acids is 1. The summed E-state index contributed by atoms with van der Waals surface area (Å²) in [6, 6.07) is 26.8. The van der Waals surface area contributed by atoms with E-state index in [1.54, 1.807) is 25.1 Å². The molecule has 8 nitrogen and oxygen atoms in total. The summed E-state index contributed by atoms with van der Waals surface area (Å²) in [5, 5.41) is 16.0. The molecule has 5 aromatic rings. The third kappa shape index (κ3) is 6.05. The van der Waals surface area contributed by atoms with Crippen LogP contribution >= 0.6 is 0 Å². The first-order chi connectivity index (χ1) is 20.6. The second-order valence-electron chi connectivity index (χ2n) is 10.3. The van der Waals surface area contributed by atoms with E-state index in [4.69, 9.17) is 18.9 Å². The number of rotatable bonds is 11. The van der Waals surface area contributed by atoms with E-state index in [9.17, 15) is 9.90 Å². The van der Waals surface area contributed by atoms with E-state index in [-0.39, 0.29) is 12.7 Å². The Bertz CT molecular complexity index is 1700. The van der Waals surface area contributed by atoms with Gasteiger partial charge in [0.15, 0.2) is 0 Å². The van der Waals surface area contributed by atoms with Crippen molar-refractivity contribution in [3.63, 3.8) is 0 Å². The zero-order valence-electron chi connectivity index (χ0n) is 23.5. The highest BCUT2D eigenvalue weighted by molar-refractivity contribution is 6.10. The lowest BCUT2D eigenvalue weighted by atomic mass is 10.0. The van der Waals surface area contributed by atoms with Crippen LogP contribution < -0.4 is 19.5 Å². The largest absolute Gasteiger partial charge is 0.490 e. The number of carbonyl (C=O) groups is 1. The van der Waals surface area contributed by atoms with Crippen LogP contribution in [0.1, 0.15) is 29.3 Å². The smallest absolute Gasteiger partial charge is 0.341 e. The van der Waals surface area contributed by atoms with E-state index in [1.165, 1.54) is 0 Å². The van der Waals surface area contributed by atoms with Gasteiger partial charge in [-0.05, 0) is 73.9 Å². The quantitative estimate of drug-likeness (QED) is 0.168. The molecule has 0 bridgehead atoms. The topological polar surface area (TPSA) is 102 Å². The van der Waals surface area contributed by atoms with Crippen molar-refractivity contribution in [3.8, 4) is 23.0 Å². The Morgan fingerprint density at radius 2 is 1.83 bits per heavy atom. The highest BCUT2D eigenvalue weighted by Crippen LogP contribution is 2.34. The zero-order valence-corrected chi connectivity index (χ0v) is 23.5. The number of ether oxygens (including phenoxy) is 4. The molecule has 6 rings (SSSR count). The van der Waals surface area contributed by atoms with Gasteiger partial charge in [-0.15, -0.1) is 0 Å². The fraction of sp³-hybridized carbons (Fsp3) is 0.265. The second kappa shape index (κ2) is 12.5. The van der Waals surface area contributed by atoms with Crippen molar-refractivity contribution in [2.45, 2.75) is 32.0 Å². The lowest BCUT2D eigenvalue weighted by Crippen LogP contribution is -2.39. The summed E-state index contributed by atoms with van der Waals surface area (Å²) in [5.41, 5.74) is 3.51. The first-order valence-electron chi connectivity index (χ1n) is 14.3. The van der Waals surface area contributed by atoms with E-state index in [0.29, 0.717) is 36.8 Å². The molecule has 1 aliphatic heterocycles. The molecule has 0 fully saturated rings. The molecule has 0 saturated carbocycles. The molecular formula is C34H34N2O6. The average molecular weight is 567 g/mol. The zero-order chi connectivity index (χ0) is 28.9. The average Bonchev–Trinajstić information content (AvgIpc) is 3.40. The van der Waals surface area contributed by atoms with E-state index < -0.39 is 12.1 Å². The molecule has 216 valence electrons. The maximum Gasteiger partial charge on any atom is 0.341 e. The molecule has 3 N–H and O–H groups in total. The van der Waals surface area contributed by atoms with Crippen LogP contribution in [0.2, 0.25) is 0 Å². The number of aromatic nitrogens is 1. The monoisotopic (exact) mass is 566 g/mol. The summed E-state index contributed by atoms with van der Waals surface area (Å²) in [6.45, 7) is 3.26. The number of aliphatic hydroxyl groups is 1. The first-order valence-corrected chi connectivity index (χ1v) is 14.3. The number of esters is 1. The van der Waals surface area contributed by atoms with Crippen LogP contribution in [0.4, 0.5) is 0 Å². The molecule has 1 aliphatic rings. The SMILES string of the molecule is CCOC(=O)c1ccccc1Oc1ccc2c(c1)CC[C@H](CNC[C@H](O)COc1cccc3[nH]c4ccccc4c13)O2. The van der Waals surface area contributed by atoms with E-state index in [1.807, 2.05) is 60.7 Å². The molecule has 0 aliphatic carbocycles. The Morgan fingerprint density at radius 1 is 1.02 bits per heavy atom. The van der Waals surface area contributed by atoms with Gasteiger partial charge in [0.05, 0.1) is 12.1 Å². The van der Waals surface area contributed by atoms with Crippen molar-refractivity contribution in [2.24, 2.45) is 0 Å². The predicted molar refractivity (Wildman–Crippen MR) is 162 cm³/mol. The fourth-order valence-corrected chi connectivity index (χ4v) is 5.33. The number of benzene rings is 4. The van der Waals surface area contributed by atoms with Crippen LogP contribution in [-0.4, -0.2) is 54.6 Å². The molecule has 2 atom stereocenters. The normalized spacial score (nSPS) is 15.1. The van der Waals surface area contributed by atoms with Crippen LogP contribution in [-0.2, 0) is 11.2 Å². The molecule has 0 amide bonds. The standard InChI is InChI=1S/C34H34N2O6/c1-2-39-34(38)27-9-4-6-12-31(27)41-24-16-17-30-22(18-24)14-15-25(42-30)20-35-19-23(37)21-40-32-13-7-11-29-33(32)26-8-3-5-10-28(26)36-29/h3-13,16-18,23,25,35-37H,2,14-15,19-21H2,1H3/t23-,25+/m0/s1. The van der Waals surface area contributed by atoms with Gasteiger partial charge in [-0.3, -0.25) is 0 Å². The van der Waals surface area contributed by atoms with Crippen molar-refractivity contribution >= 4 is 27.8 Å². The molecule has 0 saturated heterocycles. The summed E-state index contributed by atoms with van der Waals surface area (Å²) >= 11 is 0. The van der Waals surface area contributed by atoms with Gasteiger partial charge in [0.25, 0.3) is 0 Å². The third-order valence-corrected chi connectivity index (χ3v) is 7.35. The number of hydrogen-bond donors (Lipinski definition) is 3. The predicted octanol–water partition coefficient (Wildman–Crippen LogP) is 6.01. The summed E-state index contributed by atoms with van der Waals surface area (Å²) in [7, 11) is 0. The van der Waals surface area contributed by atoms with Gasteiger partial charge in [-0.1, -0.05) is 36.4 Å². The highest BCUT2D eigenvalue weighted by Gasteiger charge is 2.21. The molecule has 4 aromatic carbocycles. The summed E-state index contributed by atoms with van der Waals surface area (Å²) in [4.78, 5) is 15.7. The van der Waals surface area contributed by atoms with Gasteiger partial charge in [0.2, 0.25) is 0 Å². The number of aromatic amines is 1. The van der Waals surface area contributed by atoms with Crippen molar-refractivity contribution in [2.75, 3.05) is 26.3 Å². The van der Waals surface area contributed by atoms with Gasteiger partial charge in [-0.25, -0.2) is 4.79 Å². The minimum Gasteiger partial charge on any atom is -0.490 e. The minimum absolute atomic E-state index is 0.0121. The first kappa shape index (κ1) is 27.6. The van der Waals surface area contributed by atoms with E-state index in [0.717, 1.165) is 51.7 Å². The number of fused-ring (bicyclic) bond motifs is 4. The highest BCUT2D eigenvalue weighted by atomic mass is 16.5. The molecule has 0 unspecified atom stereocenters. The van der Waals surface area contributed by atoms with Crippen LogP contribution in [0.15, 0.2) is 84.9 Å². The van der Waals surface area contributed by atoms with Crippen LogP contribution in [0.5, 0.6) is 23.0 Å². The van der Waals surface area contributed by atoms with Gasteiger partial charge >= 0.3 is 5.97 Å². The van der Waals surface area contributed by atoms with Crippen LogP contribution in [0.3, 0.4) is 0 Å². The lowest BCUT2D eigenvalue weighted by Gasteiger charge is -2.27. The van der Waals surface area contributed by atoms with Gasteiger partial charge in [-0.2, -0.15) is 0 Å². The molecular weight excluding hydrogens is 532 g/mol. The fourth-order valence-electron chi connectivity index (χ4n) is 5.33. The molecule has 42 heavy (non-hydrogen) atoms. The molecule has 2 heterocycles. The Kier molecular flexibility index (Phi) is 8.26. The van der Waals surface area contributed by atoms with E-state index in [2.05, 4.69) is 16.4 Å². The molecule has 8 heteroatoms. The Morgan fingerprint density at radius 3 is 2.74 bits per heavy atom.